The van der Waals surface area contributed by atoms with Crippen molar-refractivity contribution in [1.82, 2.24) is 4.98 Å². The van der Waals surface area contributed by atoms with Crippen molar-refractivity contribution < 1.29 is 4.79 Å². The summed E-state index contributed by atoms with van der Waals surface area (Å²) in [5.74, 6) is 0.504. The molecule has 1 aromatic rings. The van der Waals surface area contributed by atoms with Gasteiger partial charge in [0.2, 0.25) is 5.91 Å². The molecule has 1 N–H and O–H groups in total. The lowest BCUT2D eigenvalue weighted by Crippen LogP contribution is -2.07. The number of hydrogen-bond donors (Lipinski definition) is 1. The van der Waals surface area contributed by atoms with Gasteiger partial charge in [0.15, 0.2) is 0 Å². The number of halogens is 1. The Labute approximate surface area is 78.4 Å². The van der Waals surface area contributed by atoms with Crippen LogP contribution >= 0.6 is 22.6 Å². The van der Waals surface area contributed by atoms with Crippen LogP contribution in [0.15, 0.2) is 18.3 Å². The minimum atomic E-state index is -0.0977. The molecule has 58 valence electrons. The average molecular weight is 262 g/mol. The van der Waals surface area contributed by atoms with Gasteiger partial charge in [0, 0.05) is 16.7 Å². The largest absolute Gasteiger partial charge is 0.311 e. The first kappa shape index (κ1) is 8.45. The molecule has 0 fully saturated rings. The number of hydrogen-bond acceptors (Lipinski definition) is 2. The molecular weight excluding hydrogens is 255 g/mol. The summed E-state index contributed by atoms with van der Waals surface area (Å²) in [5.41, 5.74) is 0. The molecule has 4 heteroatoms. The summed E-state index contributed by atoms with van der Waals surface area (Å²) in [6.45, 7) is 1.46. The molecule has 0 spiro atoms. The maximum atomic E-state index is 10.6. The summed E-state index contributed by atoms with van der Waals surface area (Å²) >= 11 is 2.16. The van der Waals surface area contributed by atoms with Crippen LogP contribution in [0.5, 0.6) is 0 Å². The molecule has 3 nitrogen and oxygen atoms in total. The van der Waals surface area contributed by atoms with Crippen LogP contribution < -0.4 is 5.32 Å². The Hall–Kier alpha value is -0.650. The second-order valence-corrected chi connectivity index (χ2v) is 3.29. The van der Waals surface area contributed by atoms with Gasteiger partial charge in [0.05, 0.1) is 0 Å². The molecule has 0 saturated carbocycles. The van der Waals surface area contributed by atoms with E-state index in [0.717, 1.165) is 3.57 Å². The predicted molar refractivity (Wildman–Crippen MR) is 51.3 cm³/mol. The fraction of sp³-hybridized carbons (Fsp3) is 0.143. The number of aromatic nitrogens is 1. The number of pyridine rings is 1. The first-order chi connectivity index (χ1) is 5.18. The monoisotopic (exact) mass is 262 g/mol. The zero-order chi connectivity index (χ0) is 8.27. The molecule has 1 heterocycles. The molecule has 0 unspecified atom stereocenters. The summed E-state index contributed by atoms with van der Waals surface area (Å²) < 4.78 is 1.06. The highest BCUT2D eigenvalue weighted by molar-refractivity contribution is 14.1. The molecule has 11 heavy (non-hydrogen) atoms. The van der Waals surface area contributed by atoms with Crippen molar-refractivity contribution in [2.24, 2.45) is 0 Å². The van der Waals surface area contributed by atoms with Gasteiger partial charge in [0.25, 0.3) is 0 Å². The molecule has 0 radical (unpaired) electrons. The second-order valence-electron chi connectivity index (χ2n) is 2.04. The Balaban J connectivity index is 2.79. The summed E-state index contributed by atoms with van der Waals surface area (Å²) in [6, 6.07) is 3.67. The van der Waals surface area contributed by atoms with Gasteiger partial charge in [-0.05, 0) is 34.7 Å². The Bertz CT molecular complexity index is 275. The van der Waals surface area contributed by atoms with Crippen molar-refractivity contribution in [1.29, 1.82) is 0 Å². The molecule has 0 aliphatic heterocycles. The van der Waals surface area contributed by atoms with E-state index >= 15 is 0 Å². The minimum Gasteiger partial charge on any atom is -0.311 e. The molecule has 1 amide bonds. The average Bonchev–Trinajstić information content (AvgIpc) is 1.85. The van der Waals surface area contributed by atoms with Crippen LogP contribution in [0.25, 0.3) is 0 Å². The second kappa shape index (κ2) is 3.66. The van der Waals surface area contributed by atoms with E-state index in [0.29, 0.717) is 5.82 Å². The van der Waals surface area contributed by atoms with E-state index < -0.39 is 0 Å². The molecule has 0 aromatic carbocycles. The lowest BCUT2D eigenvalue weighted by molar-refractivity contribution is -0.114. The van der Waals surface area contributed by atoms with Gasteiger partial charge in [-0.15, -0.1) is 0 Å². The first-order valence-corrected chi connectivity index (χ1v) is 4.15. The Morgan fingerprint density at radius 1 is 1.73 bits per heavy atom. The Morgan fingerprint density at radius 2 is 2.45 bits per heavy atom. The van der Waals surface area contributed by atoms with Gasteiger partial charge in [-0.1, -0.05) is 0 Å². The number of carbonyl (C=O) groups excluding carboxylic acids is 1. The van der Waals surface area contributed by atoms with E-state index in [1.807, 2.05) is 12.1 Å². The summed E-state index contributed by atoms with van der Waals surface area (Å²) in [6.07, 6.45) is 1.66. The maximum Gasteiger partial charge on any atom is 0.222 e. The van der Waals surface area contributed by atoms with Crippen LogP contribution in [0.3, 0.4) is 0 Å². The van der Waals surface area contributed by atoms with Gasteiger partial charge < -0.3 is 5.32 Å². The third kappa shape index (κ3) is 2.83. The van der Waals surface area contributed by atoms with E-state index in [4.69, 9.17) is 0 Å². The Kier molecular flexibility index (Phi) is 2.81. The number of rotatable bonds is 1. The number of nitrogens with zero attached hydrogens (tertiary/aromatic N) is 1. The van der Waals surface area contributed by atoms with Crippen molar-refractivity contribution in [3.05, 3.63) is 21.9 Å². The van der Waals surface area contributed by atoms with Gasteiger partial charge in [-0.25, -0.2) is 4.98 Å². The van der Waals surface area contributed by atoms with Crippen LogP contribution in [0, 0.1) is 3.57 Å². The van der Waals surface area contributed by atoms with Crippen molar-refractivity contribution in [3.8, 4) is 0 Å². The third-order valence-corrected chi connectivity index (χ3v) is 1.70. The van der Waals surface area contributed by atoms with Crippen LogP contribution in [-0.4, -0.2) is 10.9 Å². The fourth-order valence-corrected chi connectivity index (χ4v) is 1.11. The number of carbonyl (C=O) groups is 1. The predicted octanol–water partition coefficient (Wildman–Crippen LogP) is 1.64. The minimum absolute atomic E-state index is 0.0977. The van der Waals surface area contributed by atoms with Crippen molar-refractivity contribution >= 4 is 34.3 Å². The summed E-state index contributed by atoms with van der Waals surface area (Å²) in [5, 5.41) is 2.59. The molecule has 0 saturated heterocycles. The molecule has 1 aromatic heterocycles. The summed E-state index contributed by atoms with van der Waals surface area (Å²) in [7, 11) is 0. The van der Waals surface area contributed by atoms with E-state index in [1.165, 1.54) is 6.92 Å². The zero-order valence-corrected chi connectivity index (χ0v) is 8.12. The number of nitrogens with one attached hydrogen (secondary N) is 1. The molecule has 0 aliphatic rings. The topological polar surface area (TPSA) is 42.0 Å². The van der Waals surface area contributed by atoms with Crippen LogP contribution in [0.1, 0.15) is 6.92 Å². The van der Waals surface area contributed by atoms with Crippen LogP contribution in [0.2, 0.25) is 0 Å². The number of amides is 1. The fourth-order valence-electron chi connectivity index (χ4n) is 0.653. The van der Waals surface area contributed by atoms with Gasteiger partial charge in [0.1, 0.15) is 5.82 Å². The highest BCUT2D eigenvalue weighted by Crippen LogP contribution is 2.08. The van der Waals surface area contributed by atoms with Crippen molar-refractivity contribution in [2.45, 2.75) is 6.92 Å². The van der Waals surface area contributed by atoms with Crippen molar-refractivity contribution in [3.63, 3.8) is 0 Å². The molecule has 1 rings (SSSR count). The molecule has 0 bridgehead atoms. The van der Waals surface area contributed by atoms with Crippen LogP contribution in [0.4, 0.5) is 5.82 Å². The van der Waals surface area contributed by atoms with Crippen LogP contribution in [-0.2, 0) is 4.79 Å². The standard InChI is InChI=1S/C7H7IN2O/c1-5(11)10-7-4-6(8)2-3-9-7/h2-4H,1H3,(H,9,10,11). The Morgan fingerprint density at radius 3 is 3.00 bits per heavy atom. The first-order valence-electron chi connectivity index (χ1n) is 3.07. The highest BCUT2D eigenvalue weighted by Gasteiger charge is 1.95. The van der Waals surface area contributed by atoms with E-state index in [9.17, 15) is 4.79 Å². The smallest absolute Gasteiger partial charge is 0.222 e. The summed E-state index contributed by atoms with van der Waals surface area (Å²) in [4.78, 5) is 14.5. The lowest BCUT2D eigenvalue weighted by Gasteiger charge is -1.99. The molecular formula is C7H7IN2O. The van der Waals surface area contributed by atoms with E-state index in [-0.39, 0.29) is 5.91 Å². The van der Waals surface area contributed by atoms with Gasteiger partial charge in [-0.3, -0.25) is 4.79 Å². The van der Waals surface area contributed by atoms with E-state index in [2.05, 4.69) is 32.9 Å². The quantitative estimate of drug-likeness (QED) is 0.782. The van der Waals surface area contributed by atoms with E-state index in [1.54, 1.807) is 6.20 Å². The van der Waals surface area contributed by atoms with Gasteiger partial charge >= 0.3 is 0 Å². The highest BCUT2D eigenvalue weighted by atomic mass is 127. The molecule has 0 atom stereocenters. The molecule has 0 aliphatic carbocycles. The normalized spacial score (nSPS) is 9.27. The maximum absolute atomic E-state index is 10.6. The lowest BCUT2D eigenvalue weighted by atomic mass is 10.4. The zero-order valence-electron chi connectivity index (χ0n) is 5.97. The van der Waals surface area contributed by atoms with Crippen molar-refractivity contribution in [2.75, 3.05) is 5.32 Å². The third-order valence-electron chi connectivity index (χ3n) is 1.03. The van der Waals surface area contributed by atoms with Gasteiger partial charge in [-0.2, -0.15) is 0 Å². The SMILES string of the molecule is CC(=O)Nc1cc(I)ccn1. The number of anilines is 1.